The van der Waals surface area contributed by atoms with Crippen LogP contribution in [-0.4, -0.2) is 48.4 Å². The second-order valence-corrected chi connectivity index (χ2v) is 5.06. The van der Waals surface area contributed by atoms with Gasteiger partial charge in [-0.3, -0.25) is 9.69 Å². The van der Waals surface area contributed by atoms with E-state index >= 15 is 0 Å². The standard InChI is InChI=1S/C16H27N3O/c1-4-19(5-2)16(20)11-15(12-17)18(3)13-14-9-7-6-8-10-14/h6-10,15H,4-5,11-13,17H2,1-3H3. The van der Waals surface area contributed by atoms with Crippen LogP contribution >= 0.6 is 0 Å². The van der Waals surface area contributed by atoms with E-state index in [1.54, 1.807) is 0 Å². The van der Waals surface area contributed by atoms with E-state index in [-0.39, 0.29) is 11.9 Å². The van der Waals surface area contributed by atoms with Gasteiger partial charge in [0.2, 0.25) is 5.91 Å². The smallest absolute Gasteiger partial charge is 0.224 e. The van der Waals surface area contributed by atoms with Crippen molar-refractivity contribution in [3.8, 4) is 0 Å². The Balaban J connectivity index is 2.59. The van der Waals surface area contributed by atoms with E-state index in [9.17, 15) is 4.79 Å². The summed E-state index contributed by atoms with van der Waals surface area (Å²) < 4.78 is 0. The highest BCUT2D eigenvalue weighted by Gasteiger charge is 2.20. The van der Waals surface area contributed by atoms with Crippen LogP contribution in [0.4, 0.5) is 0 Å². The highest BCUT2D eigenvalue weighted by Crippen LogP contribution is 2.09. The second kappa shape index (κ2) is 8.72. The van der Waals surface area contributed by atoms with Crippen LogP contribution in [0.2, 0.25) is 0 Å². The molecule has 1 unspecified atom stereocenters. The van der Waals surface area contributed by atoms with Crippen LogP contribution in [0.5, 0.6) is 0 Å². The zero-order valence-electron chi connectivity index (χ0n) is 12.9. The lowest BCUT2D eigenvalue weighted by atomic mass is 10.1. The summed E-state index contributed by atoms with van der Waals surface area (Å²) in [7, 11) is 2.03. The van der Waals surface area contributed by atoms with Gasteiger partial charge in [0.05, 0.1) is 0 Å². The molecule has 4 heteroatoms. The van der Waals surface area contributed by atoms with E-state index in [2.05, 4.69) is 17.0 Å². The topological polar surface area (TPSA) is 49.6 Å². The molecule has 0 aliphatic heterocycles. The Bertz CT molecular complexity index is 390. The van der Waals surface area contributed by atoms with Crippen molar-refractivity contribution < 1.29 is 4.79 Å². The van der Waals surface area contributed by atoms with Gasteiger partial charge in [-0.25, -0.2) is 0 Å². The van der Waals surface area contributed by atoms with Crippen LogP contribution < -0.4 is 5.73 Å². The first-order valence-corrected chi connectivity index (χ1v) is 7.34. The van der Waals surface area contributed by atoms with Crippen molar-refractivity contribution in [3.05, 3.63) is 35.9 Å². The van der Waals surface area contributed by atoms with Crippen molar-refractivity contribution >= 4 is 5.91 Å². The van der Waals surface area contributed by atoms with E-state index in [0.717, 1.165) is 19.6 Å². The van der Waals surface area contributed by atoms with Gasteiger partial charge in [0.15, 0.2) is 0 Å². The number of amides is 1. The van der Waals surface area contributed by atoms with Crippen LogP contribution in [-0.2, 0) is 11.3 Å². The van der Waals surface area contributed by atoms with Crippen LogP contribution in [0.3, 0.4) is 0 Å². The fourth-order valence-corrected chi connectivity index (χ4v) is 2.33. The third-order valence-corrected chi connectivity index (χ3v) is 3.70. The summed E-state index contributed by atoms with van der Waals surface area (Å²) >= 11 is 0. The van der Waals surface area contributed by atoms with Crippen molar-refractivity contribution in [3.63, 3.8) is 0 Å². The molecule has 0 aliphatic carbocycles. The van der Waals surface area contributed by atoms with E-state index in [1.807, 2.05) is 44.0 Å². The molecule has 0 aromatic heterocycles. The predicted molar refractivity (Wildman–Crippen MR) is 83.3 cm³/mol. The number of carbonyl (C=O) groups is 1. The lowest BCUT2D eigenvalue weighted by Gasteiger charge is -2.29. The van der Waals surface area contributed by atoms with E-state index in [0.29, 0.717) is 13.0 Å². The first-order chi connectivity index (χ1) is 9.62. The summed E-state index contributed by atoms with van der Waals surface area (Å²) in [6, 6.07) is 10.3. The molecule has 4 nitrogen and oxygen atoms in total. The first-order valence-electron chi connectivity index (χ1n) is 7.34. The van der Waals surface area contributed by atoms with Gasteiger partial charge in [0.25, 0.3) is 0 Å². The second-order valence-electron chi connectivity index (χ2n) is 5.06. The minimum atomic E-state index is 0.0864. The average Bonchev–Trinajstić information content (AvgIpc) is 2.47. The molecule has 1 aromatic rings. The normalized spacial score (nSPS) is 12.4. The molecule has 0 heterocycles. The van der Waals surface area contributed by atoms with Gasteiger partial charge in [-0.2, -0.15) is 0 Å². The van der Waals surface area contributed by atoms with Crippen molar-refractivity contribution in [1.82, 2.24) is 9.80 Å². The Kier molecular flexibility index (Phi) is 7.26. The fraction of sp³-hybridized carbons (Fsp3) is 0.562. The van der Waals surface area contributed by atoms with Gasteiger partial charge in [-0.05, 0) is 26.5 Å². The molecule has 112 valence electrons. The fourth-order valence-electron chi connectivity index (χ4n) is 2.33. The number of nitrogens with zero attached hydrogens (tertiary/aromatic N) is 2. The van der Waals surface area contributed by atoms with Crippen LogP contribution in [0.25, 0.3) is 0 Å². The minimum absolute atomic E-state index is 0.0864. The number of rotatable bonds is 8. The summed E-state index contributed by atoms with van der Waals surface area (Å²) in [6.07, 6.45) is 0.488. The Hall–Kier alpha value is -1.39. The Morgan fingerprint density at radius 2 is 1.80 bits per heavy atom. The molecule has 1 atom stereocenters. The highest BCUT2D eigenvalue weighted by atomic mass is 16.2. The molecule has 0 spiro atoms. The van der Waals surface area contributed by atoms with E-state index < -0.39 is 0 Å². The quantitative estimate of drug-likeness (QED) is 0.787. The zero-order chi connectivity index (χ0) is 15.0. The third-order valence-electron chi connectivity index (χ3n) is 3.70. The van der Waals surface area contributed by atoms with Crippen molar-refractivity contribution in [2.24, 2.45) is 5.73 Å². The van der Waals surface area contributed by atoms with Crippen LogP contribution in [0, 0.1) is 0 Å². The van der Waals surface area contributed by atoms with Gasteiger partial charge in [-0.1, -0.05) is 30.3 Å². The van der Waals surface area contributed by atoms with Gasteiger partial charge in [0.1, 0.15) is 0 Å². The summed E-state index contributed by atoms with van der Waals surface area (Å²) in [4.78, 5) is 16.2. The van der Waals surface area contributed by atoms with Crippen molar-refractivity contribution in [1.29, 1.82) is 0 Å². The minimum Gasteiger partial charge on any atom is -0.343 e. The molecule has 0 saturated carbocycles. The predicted octanol–water partition coefficient (Wildman–Crippen LogP) is 1.70. The number of nitrogens with two attached hydrogens (primary N) is 1. The molecule has 20 heavy (non-hydrogen) atoms. The largest absolute Gasteiger partial charge is 0.343 e. The SMILES string of the molecule is CCN(CC)C(=O)CC(CN)N(C)Cc1ccccc1. The molecule has 0 fully saturated rings. The van der Waals surface area contributed by atoms with Gasteiger partial charge < -0.3 is 10.6 Å². The molecule has 0 radical (unpaired) electrons. The van der Waals surface area contributed by atoms with Crippen molar-refractivity contribution in [2.75, 3.05) is 26.7 Å². The van der Waals surface area contributed by atoms with Crippen LogP contribution in [0.1, 0.15) is 25.8 Å². The first kappa shape index (κ1) is 16.7. The number of benzene rings is 1. The van der Waals surface area contributed by atoms with Gasteiger partial charge >= 0.3 is 0 Å². The zero-order valence-corrected chi connectivity index (χ0v) is 12.9. The summed E-state index contributed by atoms with van der Waals surface area (Å²) in [5.74, 6) is 0.186. The third kappa shape index (κ3) is 4.94. The molecule has 1 aromatic carbocycles. The number of likely N-dealkylation sites (N-methyl/N-ethyl adjacent to an activating group) is 1. The summed E-state index contributed by atoms with van der Waals surface area (Å²) in [5, 5.41) is 0. The number of hydrogen-bond acceptors (Lipinski definition) is 3. The maximum Gasteiger partial charge on any atom is 0.224 e. The van der Waals surface area contributed by atoms with Crippen LogP contribution in [0.15, 0.2) is 30.3 Å². The lowest BCUT2D eigenvalue weighted by Crippen LogP contribution is -2.42. The monoisotopic (exact) mass is 277 g/mol. The molecule has 1 amide bonds. The Morgan fingerprint density at radius 3 is 2.30 bits per heavy atom. The highest BCUT2D eigenvalue weighted by molar-refractivity contribution is 5.76. The van der Waals surface area contributed by atoms with E-state index in [4.69, 9.17) is 5.73 Å². The molecule has 1 rings (SSSR count). The molecular formula is C16H27N3O. The molecule has 0 bridgehead atoms. The molecule has 2 N–H and O–H groups in total. The summed E-state index contributed by atoms with van der Waals surface area (Å²) in [5.41, 5.74) is 7.09. The Labute approximate surface area is 122 Å². The lowest BCUT2D eigenvalue weighted by molar-refractivity contribution is -0.132. The maximum atomic E-state index is 12.2. The van der Waals surface area contributed by atoms with E-state index in [1.165, 1.54) is 5.56 Å². The molecular weight excluding hydrogens is 250 g/mol. The molecule has 0 aliphatic rings. The average molecular weight is 277 g/mol. The number of carbonyl (C=O) groups excluding carboxylic acids is 1. The summed E-state index contributed by atoms with van der Waals surface area (Å²) in [6.45, 7) is 6.84. The van der Waals surface area contributed by atoms with Gasteiger partial charge in [0, 0.05) is 38.6 Å². The number of hydrogen-bond donors (Lipinski definition) is 1. The Morgan fingerprint density at radius 1 is 1.20 bits per heavy atom. The van der Waals surface area contributed by atoms with Crippen molar-refractivity contribution in [2.45, 2.75) is 32.9 Å². The maximum absolute atomic E-state index is 12.2. The van der Waals surface area contributed by atoms with Gasteiger partial charge in [-0.15, -0.1) is 0 Å². The molecule has 0 saturated heterocycles.